The van der Waals surface area contributed by atoms with Crippen LogP contribution in [0.3, 0.4) is 0 Å². The first-order chi connectivity index (χ1) is 18.2. The summed E-state index contributed by atoms with van der Waals surface area (Å²) in [7, 11) is 0. The van der Waals surface area contributed by atoms with Crippen LogP contribution in [0.4, 0.5) is 10.8 Å². The third-order valence-corrected chi connectivity index (χ3v) is 8.33. The Kier molecular flexibility index (Phi) is 5.57. The van der Waals surface area contributed by atoms with Gasteiger partial charge in [-0.25, -0.2) is 4.98 Å². The molecule has 0 saturated heterocycles. The fraction of sp³-hybridized carbons (Fsp3) is 0.214. The minimum absolute atomic E-state index is 0.0104. The van der Waals surface area contributed by atoms with Crippen molar-refractivity contribution in [2.45, 2.75) is 19.3 Å². The Labute approximate surface area is 221 Å². The summed E-state index contributed by atoms with van der Waals surface area (Å²) in [5, 5.41) is 38.0. The minimum atomic E-state index is -1.14. The Hall–Kier alpha value is -4.44. The van der Waals surface area contributed by atoms with Crippen LogP contribution in [0.5, 0.6) is 5.75 Å². The number of phenols is 1. The van der Waals surface area contributed by atoms with Gasteiger partial charge >= 0.3 is 0 Å². The molecule has 0 bridgehead atoms. The predicted molar refractivity (Wildman–Crippen MR) is 140 cm³/mol. The SMILES string of the molecule is NC(=O)C1=C(O)C[C@@H]2C[C@@H]3Cc4ccc(Nc5nc(-c6ccccc6)cs5)c(O)c4C(=O)C3=C(O)C2C1=O. The van der Waals surface area contributed by atoms with Crippen molar-refractivity contribution in [1.82, 2.24) is 4.98 Å². The Morgan fingerprint density at radius 3 is 2.55 bits per heavy atom. The number of anilines is 2. The number of aromatic nitrogens is 1. The molecule has 2 aromatic carbocycles. The Balaban J connectivity index is 1.34. The van der Waals surface area contributed by atoms with Crippen molar-refractivity contribution in [1.29, 1.82) is 0 Å². The molecule has 0 spiro atoms. The summed E-state index contributed by atoms with van der Waals surface area (Å²) in [6.45, 7) is 0. The van der Waals surface area contributed by atoms with Crippen LogP contribution in [0, 0.1) is 17.8 Å². The lowest BCUT2D eigenvalue weighted by molar-refractivity contribution is -0.126. The average Bonchev–Trinajstić information content (AvgIpc) is 3.34. The number of nitrogens with one attached hydrogen (secondary N) is 1. The third kappa shape index (κ3) is 3.67. The molecule has 0 radical (unpaired) electrons. The number of aromatic hydroxyl groups is 1. The van der Waals surface area contributed by atoms with E-state index in [1.165, 1.54) is 11.3 Å². The lowest BCUT2D eigenvalue weighted by Gasteiger charge is -2.40. The zero-order valence-electron chi connectivity index (χ0n) is 20.0. The number of phenolic OH excluding ortho intramolecular Hbond substituents is 1. The first-order valence-corrected chi connectivity index (χ1v) is 13.0. The molecule has 0 fully saturated rings. The van der Waals surface area contributed by atoms with Crippen molar-refractivity contribution in [2.75, 3.05) is 5.32 Å². The maximum atomic E-state index is 13.7. The van der Waals surface area contributed by atoms with E-state index in [0.29, 0.717) is 23.5 Å². The molecule has 3 atom stereocenters. The second-order valence-corrected chi connectivity index (χ2v) is 10.6. The summed E-state index contributed by atoms with van der Waals surface area (Å²) < 4.78 is 0. The maximum absolute atomic E-state index is 13.7. The van der Waals surface area contributed by atoms with Crippen LogP contribution in [-0.4, -0.2) is 37.8 Å². The van der Waals surface area contributed by atoms with Crippen molar-refractivity contribution in [3.05, 3.63) is 81.6 Å². The molecule has 6 N–H and O–H groups in total. The summed E-state index contributed by atoms with van der Waals surface area (Å²) in [4.78, 5) is 43.0. The van der Waals surface area contributed by atoms with E-state index in [-0.39, 0.29) is 34.8 Å². The van der Waals surface area contributed by atoms with Crippen molar-refractivity contribution in [2.24, 2.45) is 23.5 Å². The third-order valence-electron chi connectivity index (χ3n) is 7.57. The number of benzene rings is 2. The summed E-state index contributed by atoms with van der Waals surface area (Å²) >= 11 is 1.35. The highest BCUT2D eigenvalue weighted by Gasteiger charge is 2.50. The molecule has 9 nitrogen and oxygen atoms in total. The second-order valence-electron chi connectivity index (χ2n) is 9.78. The quantitative estimate of drug-likeness (QED) is 0.246. The van der Waals surface area contributed by atoms with Crippen LogP contribution < -0.4 is 11.1 Å². The summed E-state index contributed by atoms with van der Waals surface area (Å²) in [6, 6.07) is 13.1. The van der Waals surface area contributed by atoms with Gasteiger partial charge in [0.2, 0.25) is 0 Å². The molecule has 3 aliphatic carbocycles. The Bertz CT molecular complexity index is 1590. The van der Waals surface area contributed by atoms with Gasteiger partial charge in [0.1, 0.15) is 17.1 Å². The van der Waals surface area contributed by atoms with E-state index in [2.05, 4.69) is 10.3 Å². The van der Waals surface area contributed by atoms with Crippen molar-refractivity contribution < 1.29 is 29.7 Å². The molecule has 192 valence electrons. The topological polar surface area (TPSA) is 163 Å². The normalized spacial score (nSPS) is 22.6. The maximum Gasteiger partial charge on any atom is 0.255 e. The number of Topliss-reactive ketones (excluding diaryl/α,β-unsaturated/α-hetero) is 2. The fourth-order valence-electron chi connectivity index (χ4n) is 5.90. The number of aliphatic hydroxyl groups is 2. The van der Waals surface area contributed by atoms with E-state index < -0.39 is 46.6 Å². The molecule has 1 aromatic heterocycles. The van der Waals surface area contributed by atoms with E-state index >= 15 is 0 Å². The minimum Gasteiger partial charge on any atom is -0.511 e. The fourth-order valence-corrected chi connectivity index (χ4v) is 6.63. The second kappa shape index (κ2) is 8.84. The van der Waals surface area contributed by atoms with Crippen LogP contribution in [-0.2, 0) is 16.0 Å². The van der Waals surface area contributed by atoms with E-state index in [4.69, 9.17) is 5.73 Å². The first kappa shape index (κ1) is 23.9. The van der Waals surface area contributed by atoms with Crippen LogP contribution in [0.25, 0.3) is 11.3 Å². The van der Waals surface area contributed by atoms with Gasteiger partial charge in [0.05, 0.1) is 22.9 Å². The molecule has 3 aromatic rings. The molecule has 10 heteroatoms. The molecular weight excluding hydrogens is 506 g/mol. The smallest absolute Gasteiger partial charge is 0.255 e. The van der Waals surface area contributed by atoms with Crippen LogP contribution in [0.1, 0.15) is 28.8 Å². The molecule has 1 amide bonds. The molecule has 38 heavy (non-hydrogen) atoms. The van der Waals surface area contributed by atoms with Crippen LogP contribution in [0.15, 0.2) is 70.5 Å². The van der Waals surface area contributed by atoms with Crippen LogP contribution in [0.2, 0.25) is 0 Å². The van der Waals surface area contributed by atoms with E-state index in [0.717, 1.165) is 11.3 Å². The lowest BCUT2D eigenvalue weighted by Crippen LogP contribution is -2.43. The molecule has 0 saturated carbocycles. The van der Waals surface area contributed by atoms with Gasteiger partial charge in [-0.05, 0) is 36.3 Å². The molecule has 3 aliphatic rings. The molecular formula is C28H23N3O6S. The highest BCUT2D eigenvalue weighted by molar-refractivity contribution is 7.14. The molecule has 6 rings (SSSR count). The number of fused-ring (bicyclic) bond motifs is 3. The lowest BCUT2D eigenvalue weighted by atomic mass is 9.62. The van der Waals surface area contributed by atoms with Gasteiger partial charge in [0.15, 0.2) is 22.4 Å². The Morgan fingerprint density at radius 2 is 1.82 bits per heavy atom. The number of nitrogens with zero attached hydrogens (tertiary/aromatic N) is 1. The number of thiazole rings is 1. The molecule has 1 heterocycles. The highest BCUT2D eigenvalue weighted by atomic mass is 32.1. The number of hydrogen-bond donors (Lipinski definition) is 5. The highest BCUT2D eigenvalue weighted by Crippen LogP contribution is 2.50. The zero-order valence-corrected chi connectivity index (χ0v) is 20.8. The van der Waals surface area contributed by atoms with E-state index in [9.17, 15) is 29.7 Å². The average molecular weight is 530 g/mol. The van der Waals surface area contributed by atoms with Gasteiger partial charge in [-0.15, -0.1) is 11.3 Å². The number of primary amides is 1. The van der Waals surface area contributed by atoms with Gasteiger partial charge in [0, 0.05) is 22.9 Å². The van der Waals surface area contributed by atoms with Gasteiger partial charge in [-0.1, -0.05) is 36.4 Å². The monoisotopic (exact) mass is 529 g/mol. The zero-order chi connectivity index (χ0) is 26.7. The first-order valence-electron chi connectivity index (χ1n) is 12.1. The number of allylic oxidation sites excluding steroid dienone is 3. The van der Waals surface area contributed by atoms with Gasteiger partial charge in [-0.3, -0.25) is 14.4 Å². The largest absolute Gasteiger partial charge is 0.511 e. The number of ketones is 2. The summed E-state index contributed by atoms with van der Waals surface area (Å²) in [5.74, 6) is -5.48. The molecule has 1 unspecified atom stereocenters. The number of carbonyl (C=O) groups excluding carboxylic acids is 3. The van der Waals surface area contributed by atoms with Gasteiger partial charge in [-0.2, -0.15) is 0 Å². The Morgan fingerprint density at radius 1 is 1.05 bits per heavy atom. The van der Waals surface area contributed by atoms with Crippen molar-refractivity contribution >= 4 is 39.6 Å². The van der Waals surface area contributed by atoms with E-state index in [1.807, 2.05) is 35.7 Å². The standard InChI is InChI=1S/C28H23N3O6S/c29-27(37)22-18(32)10-15-9-14-8-13-6-7-16(30-28-31-17(11-38-28)12-4-2-1-3-5-12)23(33)19(13)24(34)20(14)25(35)21(15)26(22)36/h1-7,11,14-15,21,32-33,35H,8-10H2,(H2,29,37)(H,30,31)/t14-,15-,21?/m0/s1. The number of hydrogen-bond acceptors (Lipinski definition) is 9. The van der Waals surface area contributed by atoms with Crippen LogP contribution >= 0.6 is 11.3 Å². The number of nitrogens with two attached hydrogens (primary N) is 1. The number of carbonyl (C=O) groups is 3. The number of rotatable bonds is 4. The summed E-state index contributed by atoms with van der Waals surface area (Å²) in [6.07, 6.45) is 0.740. The van der Waals surface area contributed by atoms with Gasteiger partial charge in [0.25, 0.3) is 5.91 Å². The van der Waals surface area contributed by atoms with Gasteiger partial charge < -0.3 is 26.4 Å². The summed E-state index contributed by atoms with van der Waals surface area (Å²) in [5.41, 5.74) is 7.51. The van der Waals surface area contributed by atoms with Crippen molar-refractivity contribution in [3.63, 3.8) is 0 Å². The predicted octanol–water partition coefficient (Wildman–Crippen LogP) is 4.33. The number of aliphatic hydroxyl groups excluding tert-OH is 2. The number of amides is 1. The van der Waals surface area contributed by atoms with E-state index in [1.54, 1.807) is 12.1 Å². The van der Waals surface area contributed by atoms with Crippen molar-refractivity contribution in [3.8, 4) is 17.0 Å². The molecule has 0 aliphatic heterocycles.